The number of hydrogen-bond acceptors (Lipinski definition) is 3. The second-order valence-electron chi connectivity index (χ2n) is 3.81. The molecule has 2 rings (SSSR count). The summed E-state index contributed by atoms with van der Waals surface area (Å²) >= 11 is 3.07. The lowest BCUT2D eigenvalue weighted by molar-refractivity contribution is 0.569. The summed E-state index contributed by atoms with van der Waals surface area (Å²) in [5.74, 6) is -0.688. The topological polar surface area (TPSA) is 74.8 Å². The van der Waals surface area contributed by atoms with Crippen LogP contribution in [0.2, 0.25) is 0 Å². The lowest BCUT2D eigenvalue weighted by Crippen LogP contribution is -2.14. The number of aromatic amines is 1. The van der Waals surface area contributed by atoms with E-state index in [1.165, 1.54) is 12.1 Å². The Labute approximate surface area is 118 Å². The van der Waals surface area contributed by atoms with Crippen LogP contribution in [0.1, 0.15) is 12.6 Å². The predicted molar refractivity (Wildman–Crippen MR) is 72.9 cm³/mol. The zero-order valence-electron chi connectivity index (χ0n) is 9.94. The number of rotatable bonds is 4. The monoisotopic (exact) mass is 347 g/mol. The van der Waals surface area contributed by atoms with Gasteiger partial charge in [-0.3, -0.25) is 9.82 Å². The molecular weight excluding hydrogens is 337 g/mol. The van der Waals surface area contributed by atoms with E-state index in [0.29, 0.717) is 10.9 Å². The molecule has 19 heavy (non-hydrogen) atoms. The lowest BCUT2D eigenvalue weighted by atomic mass is 10.3. The minimum Gasteiger partial charge on any atom is -0.280 e. The van der Waals surface area contributed by atoms with Crippen molar-refractivity contribution in [3.8, 4) is 0 Å². The molecule has 0 fully saturated rings. The fourth-order valence-corrected chi connectivity index (χ4v) is 2.87. The summed E-state index contributed by atoms with van der Waals surface area (Å²) in [6, 6.07) is 5.31. The van der Waals surface area contributed by atoms with Gasteiger partial charge in [0, 0.05) is 16.2 Å². The minimum absolute atomic E-state index is 0.138. The van der Waals surface area contributed by atoms with Crippen molar-refractivity contribution in [2.75, 3.05) is 4.72 Å². The van der Waals surface area contributed by atoms with Gasteiger partial charge in [-0.2, -0.15) is 5.10 Å². The van der Waals surface area contributed by atoms with Crippen LogP contribution in [0.5, 0.6) is 0 Å². The molecule has 5 nitrogen and oxygen atoms in total. The van der Waals surface area contributed by atoms with Gasteiger partial charge < -0.3 is 0 Å². The van der Waals surface area contributed by atoms with Gasteiger partial charge in [0.15, 0.2) is 5.82 Å². The molecule has 0 radical (unpaired) electrons. The highest BCUT2D eigenvalue weighted by Crippen LogP contribution is 2.21. The molecule has 0 amide bonds. The van der Waals surface area contributed by atoms with E-state index in [4.69, 9.17) is 0 Å². The Kier molecular flexibility index (Phi) is 3.91. The highest BCUT2D eigenvalue weighted by atomic mass is 79.9. The van der Waals surface area contributed by atoms with E-state index in [-0.39, 0.29) is 5.82 Å². The molecule has 1 aromatic heterocycles. The number of nitrogens with one attached hydrogen (secondary N) is 2. The third kappa shape index (κ3) is 3.13. The summed E-state index contributed by atoms with van der Waals surface area (Å²) in [6.07, 6.45) is 0.696. The molecule has 1 aromatic carbocycles. The first-order chi connectivity index (χ1) is 8.92. The van der Waals surface area contributed by atoms with E-state index in [0.717, 1.165) is 11.8 Å². The van der Waals surface area contributed by atoms with Crippen molar-refractivity contribution in [2.45, 2.75) is 18.2 Å². The molecule has 2 N–H and O–H groups in total. The summed E-state index contributed by atoms with van der Waals surface area (Å²) < 4.78 is 40.4. The molecule has 102 valence electrons. The molecule has 1 heterocycles. The van der Waals surface area contributed by atoms with Crippen molar-refractivity contribution >= 4 is 31.8 Å². The number of nitrogens with zero attached hydrogens (tertiary/aromatic N) is 1. The zero-order valence-corrected chi connectivity index (χ0v) is 12.3. The molecule has 0 saturated heterocycles. The standard InChI is InChI=1S/C11H11BrFN3O2S/c1-2-8-6-11(15-14-8)16-19(17,18)10-4-3-7(12)5-9(10)13/h3-6H,2H2,1H3,(H2,14,15,16). The normalized spacial score (nSPS) is 11.5. The van der Waals surface area contributed by atoms with Gasteiger partial charge in [0.05, 0.1) is 0 Å². The number of H-pyrrole nitrogens is 1. The van der Waals surface area contributed by atoms with Gasteiger partial charge >= 0.3 is 0 Å². The molecule has 0 bridgehead atoms. The van der Waals surface area contributed by atoms with Crippen molar-refractivity contribution in [3.05, 3.63) is 40.2 Å². The third-order valence-electron chi connectivity index (χ3n) is 2.43. The first-order valence-corrected chi connectivity index (χ1v) is 7.72. The predicted octanol–water partition coefficient (Wildman–Crippen LogP) is 2.67. The number of aryl methyl sites for hydroxylation is 1. The number of benzene rings is 1. The third-order valence-corrected chi connectivity index (χ3v) is 4.32. The Morgan fingerprint density at radius 2 is 2.16 bits per heavy atom. The van der Waals surface area contributed by atoms with Crippen molar-refractivity contribution in [1.82, 2.24) is 10.2 Å². The molecule has 0 aliphatic carbocycles. The number of sulfonamides is 1. The van der Waals surface area contributed by atoms with Crippen molar-refractivity contribution in [2.24, 2.45) is 0 Å². The highest BCUT2D eigenvalue weighted by Gasteiger charge is 2.20. The van der Waals surface area contributed by atoms with Gasteiger partial charge in [-0.1, -0.05) is 22.9 Å². The van der Waals surface area contributed by atoms with Crippen LogP contribution in [0.15, 0.2) is 33.6 Å². The van der Waals surface area contributed by atoms with Gasteiger partial charge in [0.2, 0.25) is 0 Å². The Hall–Kier alpha value is -1.41. The van der Waals surface area contributed by atoms with E-state index < -0.39 is 20.7 Å². The van der Waals surface area contributed by atoms with Crippen LogP contribution in [0, 0.1) is 5.82 Å². The maximum Gasteiger partial charge on any atom is 0.266 e. The first-order valence-electron chi connectivity index (χ1n) is 5.44. The van der Waals surface area contributed by atoms with Crippen LogP contribution in [0.4, 0.5) is 10.2 Å². The molecule has 0 aliphatic heterocycles. The molecular formula is C11H11BrFN3O2S. The second-order valence-corrected chi connectivity index (χ2v) is 6.38. The molecule has 0 spiro atoms. The zero-order chi connectivity index (χ0) is 14.0. The summed E-state index contributed by atoms with van der Waals surface area (Å²) in [5, 5.41) is 6.47. The largest absolute Gasteiger partial charge is 0.280 e. The average Bonchev–Trinajstić information content (AvgIpc) is 2.75. The van der Waals surface area contributed by atoms with Gasteiger partial charge in [-0.15, -0.1) is 0 Å². The van der Waals surface area contributed by atoms with Gasteiger partial charge in [0.1, 0.15) is 10.7 Å². The molecule has 8 heteroatoms. The summed E-state index contributed by atoms with van der Waals surface area (Å²) in [6.45, 7) is 1.90. The van der Waals surface area contributed by atoms with Crippen LogP contribution in [-0.4, -0.2) is 18.6 Å². The van der Waals surface area contributed by atoms with Crippen LogP contribution >= 0.6 is 15.9 Å². The highest BCUT2D eigenvalue weighted by molar-refractivity contribution is 9.10. The Morgan fingerprint density at radius 1 is 1.42 bits per heavy atom. The Balaban J connectivity index is 2.32. The van der Waals surface area contributed by atoms with Crippen molar-refractivity contribution < 1.29 is 12.8 Å². The molecule has 2 aromatic rings. The fourth-order valence-electron chi connectivity index (χ4n) is 1.48. The van der Waals surface area contributed by atoms with Gasteiger partial charge in [-0.25, -0.2) is 12.8 Å². The fraction of sp³-hybridized carbons (Fsp3) is 0.182. The number of anilines is 1. The number of hydrogen-bond donors (Lipinski definition) is 2. The minimum atomic E-state index is -3.98. The van der Waals surface area contributed by atoms with E-state index in [9.17, 15) is 12.8 Å². The Morgan fingerprint density at radius 3 is 2.74 bits per heavy atom. The van der Waals surface area contributed by atoms with Crippen LogP contribution in [-0.2, 0) is 16.4 Å². The number of halogens is 2. The van der Waals surface area contributed by atoms with Gasteiger partial charge in [0.25, 0.3) is 10.0 Å². The smallest absolute Gasteiger partial charge is 0.266 e. The van der Waals surface area contributed by atoms with E-state index in [1.54, 1.807) is 6.07 Å². The second kappa shape index (κ2) is 5.30. The maximum atomic E-state index is 13.6. The van der Waals surface area contributed by atoms with Crippen LogP contribution < -0.4 is 4.72 Å². The maximum absolute atomic E-state index is 13.6. The SMILES string of the molecule is CCc1cc(NS(=O)(=O)c2ccc(Br)cc2F)n[nH]1. The summed E-state index contributed by atoms with van der Waals surface area (Å²) in [7, 11) is -3.98. The Bertz CT molecular complexity index is 700. The summed E-state index contributed by atoms with van der Waals surface area (Å²) in [5.41, 5.74) is 0.786. The lowest BCUT2D eigenvalue weighted by Gasteiger charge is -2.06. The van der Waals surface area contributed by atoms with Gasteiger partial charge in [-0.05, 0) is 24.6 Å². The quantitative estimate of drug-likeness (QED) is 0.892. The molecule has 0 unspecified atom stereocenters. The molecule has 0 aliphatic rings. The molecule has 0 saturated carbocycles. The van der Waals surface area contributed by atoms with Crippen LogP contribution in [0.3, 0.4) is 0 Å². The van der Waals surface area contributed by atoms with Crippen molar-refractivity contribution in [1.29, 1.82) is 0 Å². The van der Waals surface area contributed by atoms with Crippen LogP contribution in [0.25, 0.3) is 0 Å². The first kappa shape index (κ1) is 14.0. The average molecular weight is 348 g/mol. The summed E-state index contributed by atoms with van der Waals surface area (Å²) in [4.78, 5) is -0.420. The van der Waals surface area contributed by atoms with E-state index in [1.807, 2.05) is 6.92 Å². The number of aromatic nitrogens is 2. The van der Waals surface area contributed by atoms with E-state index in [2.05, 4.69) is 30.8 Å². The molecule has 0 atom stereocenters. The van der Waals surface area contributed by atoms with Crippen molar-refractivity contribution in [3.63, 3.8) is 0 Å². The van der Waals surface area contributed by atoms with E-state index >= 15 is 0 Å².